The molecule has 0 spiro atoms. The van der Waals surface area contributed by atoms with Crippen LogP contribution in [0.3, 0.4) is 0 Å². The summed E-state index contributed by atoms with van der Waals surface area (Å²) in [5, 5.41) is 23.8. The van der Waals surface area contributed by atoms with E-state index in [1.54, 1.807) is 24.3 Å². The van der Waals surface area contributed by atoms with Crippen LogP contribution in [0.4, 0.5) is 0 Å². The molecule has 0 aliphatic carbocycles. The number of para-hydroxylation sites is 1. The number of hydrogen-bond donors (Lipinski definition) is 3. The number of benzene rings is 3. The highest BCUT2D eigenvalue weighted by molar-refractivity contribution is 5.84. The molecule has 0 saturated carbocycles. The number of hydrogen-bond acceptors (Lipinski definition) is 4. The molecular formula is C26H25N3O2. The molecule has 0 unspecified atom stereocenters. The first-order valence-electron chi connectivity index (χ1n) is 10.4. The maximum absolute atomic E-state index is 10.4. The van der Waals surface area contributed by atoms with E-state index >= 15 is 0 Å². The number of aromatic nitrogens is 1. The van der Waals surface area contributed by atoms with E-state index in [0.29, 0.717) is 24.4 Å². The molecule has 0 fully saturated rings. The van der Waals surface area contributed by atoms with Gasteiger partial charge in [-0.1, -0.05) is 48.5 Å². The number of nitrogens with zero attached hydrogens (tertiary/aromatic N) is 1. The Hall–Kier alpha value is -3.59. The minimum absolute atomic E-state index is 0.156. The van der Waals surface area contributed by atoms with Crippen LogP contribution in [0.15, 0.2) is 85.1 Å². The third-order valence-electron chi connectivity index (χ3n) is 5.35. The summed E-state index contributed by atoms with van der Waals surface area (Å²) in [6.07, 6.45) is 1.43. The average Bonchev–Trinajstić information content (AvgIpc) is 3.25. The minimum atomic E-state index is -0.643. The predicted molar refractivity (Wildman–Crippen MR) is 122 cm³/mol. The van der Waals surface area contributed by atoms with Crippen molar-refractivity contribution in [3.63, 3.8) is 0 Å². The van der Waals surface area contributed by atoms with Crippen LogP contribution in [0.2, 0.25) is 0 Å². The number of nitrogens with one attached hydrogen (secondary N) is 2. The molecule has 0 amide bonds. The predicted octanol–water partition coefficient (Wildman–Crippen LogP) is 4.20. The van der Waals surface area contributed by atoms with Gasteiger partial charge in [0.1, 0.15) is 18.5 Å². The maximum Gasteiger partial charge on any atom is 0.119 e. The van der Waals surface area contributed by atoms with Crippen LogP contribution in [0.1, 0.15) is 22.6 Å². The monoisotopic (exact) mass is 411 g/mol. The molecule has 3 aromatic carbocycles. The molecule has 0 saturated heterocycles. The summed E-state index contributed by atoms with van der Waals surface area (Å²) >= 11 is 0. The normalized spacial score (nSPS) is 12.9. The van der Waals surface area contributed by atoms with Gasteiger partial charge in [0.05, 0.1) is 11.6 Å². The number of aliphatic hydroxyl groups is 1. The van der Waals surface area contributed by atoms with Crippen LogP contribution in [-0.4, -0.2) is 35.9 Å². The first kappa shape index (κ1) is 20.7. The zero-order chi connectivity index (χ0) is 21.5. The highest BCUT2D eigenvalue weighted by Crippen LogP contribution is 2.30. The molecule has 2 atom stereocenters. The van der Waals surface area contributed by atoms with Gasteiger partial charge in [0.15, 0.2) is 0 Å². The lowest BCUT2D eigenvalue weighted by Crippen LogP contribution is -2.34. The summed E-state index contributed by atoms with van der Waals surface area (Å²) in [7, 11) is 0. The highest BCUT2D eigenvalue weighted by atomic mass is 16.5. The van der Waals surface area contributed by atoms with Crippen LogP contribution in [0.5, 0.6) is 5.75 Å². The van der Waals surface area contributed by atoms with Crippen molar-refractivity contribution < 1.29 is 9.84 Å². The summed E-state index contributed by atoms with van der Waals surface area (Å²) in [5.74, 6) is 0.794. The number of nitriles is 1. The van der Waals surface area contributed by atoms with Crippen molar-refractivity contribution in [1.82, 2.24) is 10.3 Å². The highest BCUT2D eigenvalue weighted by Gasteiger charge is 2.18. The van der Waals surface area contributed by atoms with Crippen LogP contribution in [-0.2, 0) is 0 Å². The van der Waals surface area contributed by atoms with E-state index in [9.17, 15) is 5.11 Å². The smallest absolute Gasteiger partial charge is 0.119 e. The summed E-state index contributed by atoms with van der Waals surface area (Å²) in [5.41, 5.74) is 4.16. The fourth-order valence-corrected chi connectivity index (χ4v) is 3.75. The van der Waals surface area contributed by atoms with E-state index in [0.717, 1.165) is 5.52 Å². The Labute approximate surface area is 181 Å². The van der Waals surface area contributed by atoms with Crippen molar-refractivity contribution in [2.24, 2.45) is 0 Å². The van der Waals surface area contributed by atoms with Crippen molar-refractivity contribution >= 4 is 10.9 Å². The number of H-pyrrole nitrogens is 1. The molecule has 5 heteroatoms. The lowest BCUT2D eigenvalue weighted by Gasteiger charge is -2.20. The van der Waals surface area contributed by atoms with Crippen molar-refractivity contribution in [2.75, 3.05) is 19.7 Å². The fourth-order valence-electron chi connectivity index (χ4n) is 3.75. The van der Waals surface area contributed by atoms with Gasteiger partial charge >= 0.3 is 0 Å². The van der Waals surface area contributed by atoms with E-state index in [-0.39, 0.29) is 12.5 Å². The van der Waals surface area contributed by atoms with E-state index in [4.69, 9.17) is 10.00 Å². The minimum Gasteiger partial charge on any atom is -0.491 e. The molecule has 4 aromatic rings. The number of ether oxygens (including phenoxy) is 1. The summed E-state index contributed by atoms with van der Waals surface area (Å²) in [4.78, 5) is 3.37. The third kappa shape index (κ3) is 5.13. The van der Waals surface area contributed by atoms with Gasteiger partial charge in [0.25, 0.3) is 0 Å². The Kier molecular flexibility index (Phi) is 6.63. The maximum atomic E-state index is 10.4. The molecule has 31 heavy (non-hydrogen) atoms. The molecule has 156 valence electrons. The molecule has 3 N–H and O–H groups in total. The Morgan fingerprint density at radius 2 is 1.68 bits per heavy atom. The number of aromatic amines is 1. The van der Waals surface area contributed by atoms with E-state index < -0.39 is 6.10 Å². The largest absolute Gasteiger partial charge is 0.491 e. The van der Waals surface area contributed by atoms with E-state index in [1.165, 1.54) is 16.5 Å². The third-order valence-corrected chi connectivity index (χ3v) is 5.35. The zero-order valence-corrected chi connectivity index (χ0v) is 17.2. The molecule has 5 nitrogen and oxygen atoms in total. The molecular weight excluding hydrogens is 386 g/mol. The topological polar surface area (TPSA) is 81.1 Å². The lowest BCUT2D eigenvalue weighted by atomic mass is 9.91. The van der Waals surface area contributed by atoms with Crippen LogP contribution in [0, 0.1) is 11.3 Å². The second-order valence-corrected chi connectivity index (χ2v) is 7.51. The van der Waals surface area contributed by atoms with Gasteiger partial charge in [-0.25, -0.2) is 0 Å². The molecule has 0 radical (unpaired) electrons. The molecule has 4 rings (SSSR count). The first-order valence-corrected chi connectivity index (χ1v) is 10.4. The van der Waals surface area contributed by atoms with E-state index in [2.05, 4.69) is 65.0 Å². The Balaban J connectivity index is 1.38. The van der Waals surface area contributed by atoms with Crippen LogP contribution >= 0.6 is 0 Å². The van der Waals surface area contributed by atoms with Crippen molar-refractivity contribution in [3.8, 4) is 11.8 Å². The fraction of sp³-hybridized carbons (Fsp3) is 0.192. The van der Waals surface area contributed by atoms with Gasteiger partial charge in [-0.3, -0.25) is 0 Å². The second-order valence-electron chi connectivity index (χ2n) is 7.51. The van der Waals surface area contributed by atoms with Gasteiger partial charge in [0.2, 0.25) is 0 Å². The Bertz CT molecular complexity index is 1150. The second kappa shape index (κ2) is 9.94. The lowest BCUT2D eigenvalue weighted by molar-refractivity contribution is 0.106. The van der Waals surface area contributed by atoms with Gasteiger partial charge in [-0.15, -0.1) is 0 Å². The number of rotatable bonds is 9. The van der Waals surface area contributed by atoms with Crippen molar-refractivity contribution in [3.05, 3.63) is 102 Å². The molecule has 0 bridgehead atoms. The summed E-state index contributed by atoms with van der Waals surface area (Å²) in [6, 6.07) is 27.7. The number of fused-ring (bicyclic) bond motifs is 1. The SMILES string of the molecule is N#Cc1ccc(OC[C@H](O)CNC[C@H](c2ccccc2)c2c[nH]c3ccccc23)cc1. The average molecular weight is 412 g/mol. The molecule has 1 heterocycles. The standard InChI is InChI=1S/C26H25N3O2/c27-14-19-10-12-22(13-11-19)31-18-21(30)15-28-16-24(20-6-2-1-3-7-20)25-17-29-26-9-5-4-8-23(25)26/h1-13,17,21,24,28-30H,15-16,18H2/t21-,24-/m1/s1. The van der Waals surface area contributed by atoms with Gasteiger partial charge in [-0.05, 0) is 41.5 Å². The molecule has 0 aliphatic heterocycles. The van der Waals surface area contributed by atoms with Crippen LogP contribution < -0.4 is 10.1 Å². The molecule has 1 aromatic heterocycles. The van der Waals surface area contributed by atoms with Gasteiger partial charge in [0, 0.05) is 36.1 Å². The number of aliphatic hydroxyl groups excluding tert-OH is 1. The van der Waals surface area contributed by atoms with Crippen molar-refractivity contribution in [1.29, 1.82) is 5.26 Å². The van der Waals surface area contributed by atoms with Crippen molar-refractivity contribution in [2.45, 2.75) is 12.0 Å². The Morgan fingerprint density at radius 3 is 2.45 bits per heavy atom. The quantitative estimate of drug-likeness (QED) is 0.386. The van der Waals surface area contributed by atoms with Gasteiger partial charge < -0.3 is 20.1 Å². The summed E-state index contributed by atoms with van der Waals surface area (Å²) < 4.78 is 5.63. The van der Waals surface area contributed by atoms with Crippen LogP contribution in [0.25, 0.3) is 10.9 Å². The first-order chi connectivity index (χ1) is 15.2. The zero-order valence-electron chi connectivity index (χ0n) is 17.2. The molecule has 0 aliphatic rings. The van der Waals surface area contributed by atoms with Gasteiger partial charge in [-0.2, -0.15) is 5.26 Å². The Morgan fingerprint density at radius 1 is 0.935 bits per heavy atom. The van der Waals surface area contributed by atoms with E-state index in [1.807, 2.05) is 12.1 Å². The summed E-state index contributed by atoms with van der Waals surface area (Å²) in [6.45, 7) is 1.30.